The fraction of sp³-hybridized carbons (Fsp3) is 0.667. The first-order valence-corrected chi connectivity index (χ1v) is 6.11. The summed E-state index contributed by atoms with van der Waals surface area (Å²) in [6, 6.07) is -0.120. The molecule has 0 aromatic carbocycles. The molecule has 5 heteroatoms. The molecule has 0 radical (unpaired) electrons. The third-order valence-corrected chi connectivity index (χ3v) is 3.11. The molecule has 94 valence electrons. The van der Waals surface area contributed by atoms with Gasteiger partial charge in [0, 0.05) is 6.54 Å². The molecule has 1 aromatic heterocycles. The van der Waals surface area contributed by atoms with Gasteiger partial charge in [-0.25, -0.2) is 4.98 Å². The van der Waals surface area contributed by atoms with Gasteiger partial charge in [-0.1, -0.05) is 0 Å². The summed E-state index contributed by atoms with van der Waals surface area (Å²) in [4.78, 5) is 16.0. The lowest BCUT2D eigenvalue weighted by molar-refractivity contribution is -0.122. The fourth-order valence-electron chi connectivity index (χ4n) is 1.96. The number of carbonyl (C=O) groups is 1. The summed E-state index contributed by atoms with van der Waals surface area (Å²) in [6.07, 6.45) is 3.01. The number of aryl methyl sites for hydroxylation is 2. The minimum absolute atomic E-state index is 0.0856. The Labute approximate surface area is 101 Å². The smallest absolute Gasteiger partial charge is 0.237 e. The molecular formula is C12H19N3O2. The van der Waals surface area contributed by atoms with Crippen LogP contribution in [0.4, 0.5) is 0 Å². The highest BCUT2D eigenvalue weighted by atomic mass is 16.4. The predicted octanol–water partition coefficient (Wildman–Crippen LogP) is 1.05. The van der Waals surface area contributed by atoms with E-state index < -0.39 is 0 Å². The zero-order valence-electron chi connectivity index (χ0n) is 10.4. The van der Waals surface area contributed by atoms with Gasteiger partial charge in [0.05, 0.1) is 18.3 Å². The van der Waals surface area contributed by atoms with Gasteiger partial charge in [-0.2, -0.15) is 0 Å². The number of amides is 1. The second kappa shape index (κ2) is 5.31. The molecule has 17 heavy (non-hydrogen) atoms. The minimum atomic E-state index is -0.120. The number of carbonyl (C=O) groups excluding carboxylic acids is 1. The summed E-state index contributed by atoms with van der Waals surface area (Å²) in [5.41, 5.74) is 0.909. The molecule has 0 saturated carbocycles. The molecule has 1 aromatic rings. The molecule has 1 amide bonds. The third kappa shape index (κ3) is 3.06. The Hall–Kier alpha value is -1.36. The highest BCUT2D eigenvalue weighted by Crippen LogP contribution is 2.10. The molecule has 1 saturated heterocycles. The maximum absolute atomic E-state index is 11.7. The lowest BCUT2D eigenvalue weighted by atomic mass is 10.1. The molecule has 2 rings (SSSR count). The fourth-order valence-corrected chi connectivity index (χ4v) is 1.96. The predicted molar refractivity (Wildman–Crippen MR) is 63.5 cm³/mol. The topological polar surface area (TPSA) is 67.2 Å². The summed E-state index contributed by atoms with van der Waals surface area (Å²) in [5.74, 6) is 1.58. The number of nitrogens with one attached hydrogen (secondary N) is 2. The summed E-state index contributed by atoms with van der Waals surface area (Å²) < 4.78 is 5.47. The summed E-state index contributed by atoms with van der Waals surface area (Å²) >= 11 is 0. The Balaban J connectivity index is 1.90. The number of hydrogen-bond acceptors (Lipinski definition) is 4. The molecule has 0 spiro atoms. The van der Waals surface area contributed by atoms with Gasteiger partial charge in [-0.3, -0.25) is 10.1 Å². The van der Waals surface area contributed by atoms with E-state index in [0.717, 1.165) is 37.3 Å². The molecule has 1 fully saturated rings. The molecule has 1 aliphatic rings. The molecule has 1 unspecified atom stereocenters. The van der Waals surface area contributed by atoms with Crippen molar-refractivity contribution in [2.24, 2.45) is 0 Å². The number of aromatic nitrogens is 1. The zero-order chi connectivity index (χ0) is 12.3. The molecule has 0 bridgehead atoms. The van der Waals surface area contributed by atoms with E-state index in [1.807, 2.05) is 13.8 Å². The normalized spacial score (nSPS) is 21.1. The lowest BCUT2D eigenvalue weighted by Gasteiger charge is -2.13. The van der Waals surface area contributed by atoms with Crippen LogP contribution in [0.1, 0.15) is 36.6 Å². The van der Waals surface area contributed by atoms with Crippen LogP contribution in [-0.4, -0.2) is 23.5 Å². The third-order valence-electron chi connectivity index (χ3n) is 3.11. The van der Waals surface area contributed by atoms with Crippen molar-refractivity contribution in [2.45, 2.75) is 45.7 Å². The Kier molecular flexibility index (Phi) is 3.78. The van der Waals surface area contributed by atoms with E-state index in [9.17, 15) is 4.79 Å². The number of oxazole rings is 1. The van der Waals surface area contributed by atoms with Crippen LogP contribution in [0.15, 0.2) is 4.42 Å². The van der Waals surface area contributed by atoms with Gasteiger partial charge in [0.25, 0.3) is 0 Å². The van der Waals surface area contributed by atoms with Crippen molar-refractivity contribution in [2.75, 3.05) is 6.54 Å². The first-order valence-electron chi connectivity index (χ1n) is 6.11. The molecule has 5 nitrogen and oxygen atoms in total. The van der Waals surface area contributed by atoms with E-state index in [1.165, 1.54) is 0 Å². The SMILES string of the molecule is Cc1nc(CNC2CCCCNC2=O)oc1C. The molecule has 2 heterocycles. The molecule has 0 aliphatic carbocycles. The van der Waals surface area contributed by atoms with E-state index in [-0.39, 0.29) is 11.9 Å². The van der Waals surface area contributed by atoms with Gasteiger partial charge in [0.2, 0.25) is 11.8 Å². The van der Waals surface area contributed by atoms with Crippen molar-refractivity contribution in [1.29, 1.82) is 0 Å². The van der Waals surface area contributed by atoms with Crippen LogP contribution in [0, 0.1) is 13.8 Å². The van der Waals surface area contributed by atoms with Crippen LogP contribution >= 0.6 is 0 Å². The molecule has 1 atom stereocenters. The summed E-state index contributed by atoms with van der Waals surface area (Å²) in [5, 5.41) is 6.09. The monoisotopic (exact) mass is 237 g/mol. The van der Waals surface area contributed by atoms with Crippen molar-refractivity contribution in [3.05, 3.63) is 17.3 Å². The Morgan fingerprint density at radius 1 is 1.47 bits per heavy atom. The maximum Gasteiger partial charge on any atom is 0.237 e. The second-order valence-electron chi connectivity index (χ2n) is 4.47. The first kappa shape index (κ1) is 12.1. The molecule has 1 aliphatic heterocycles. The Morgan fingerprint density at radius 3 is 3.00 bits per heavy atom. The van der Waals surface area contributed by atoms with Crippen molar-refractivity contribution in [3.63, 3.8) is 0 Å². The highest BCUT2D eigenvalue weighted by Gasteiger charge is 2.20. The van der Waals surface area contributed by atoms with Crippen LogP contribution in [0.3, 0.4) is 0 Å². The van der Waals surface area contributed by atoms with Gasteiger partial charge < -0.3 is 9.73 Å². The number of rotatable bonds is 3. The largest absolute Gasteiger partial charge is 0.444 e. The zero-order valence-corrected chi connectivity index (χ0v) is 10.4. The van der Waals surface area contributed by atoms with Gasteiger partial charge in [0.15, 0.2) is 0 Å². The van der Waals surface area contributed by atoms with Crippen molar-refractivity contribution >= 4 is 5.91 Å². The lowest BCUT2D eigenvalue weighted by Crippen LogP contribution is -2.42. The Morgan fingerprint density at radius 2 is 2.29 bits per heavy atom. The van der Waals surface area contributed by atoms with E-state index in [2.05, 4.69) is 15.6 Å². The molecule has 2 N–H and O–H groups in total. The standard InChI is InChI=1S/C12H19N3O2/c1-8-9(2)17-11(15-8)7-14-10-5-3-4-6-13-12(10)16/h10,14H,3-7H2,1-2H3,(H,13,16). The van der Waals surface area contributed by atoms with Crippen molar-refractivity contribution in [1.82, 2.24) is 15.6 Å². The first-order chi connectivity index (χ1) is 8.16. The van der Waals surface area contributed by atoms with Crippen LogP contribution < -0.4 is 10.6 Å². The quantitative estimate of drug-likeness (QED) is 0.824. The molecular weight excluding hydrogens is 218 g/mol. The van der Waals surface area contributed by atoms with Crippen LogP contribution in [0.5, 0.6) is 0 Å². The van der Waals surface area contributed by atoms with Crippen LogP contribution in [-0.2, 0) is 11.3 Å². The minimum Gasteiger partial charge on any atom is -0.444 e. The number of hydrogen-bond donors (Lipinski definition) is 2. The van der Waals surface area contributed by atoms with E-state index in [4.69, 9.17) is 4.42 Å². The van der Waals surface area contributed by atoms with Gasteiger partial charge in [-0.05, 0) is 33.1 Å². The van der Waals surface area contributed by atoms with Crippen molar-refractivity contribution in [3.8, 4) is 0 Å². The van der Waals surface area contributed by atoms with E-state index in [0.29, 0.717) is 12.4 Å². The van der Waals surface area contributed by atoms with Crippen molar-refractivity contribution < 1.29 is 9.21 Å². The maximum atomic E-state index is 11.7. The highest BCUT2D eigenvalue weighted by molar-refractivity contribution is 5.81. The van der Waals surface area contributed by atoms with Crippen LogP contribution in [0.25, 0.3) is 0 Å². The van der Waals surface area contributed by atoms with Gasteiger partial charge in [0.1, 0.15) is 5.76 Å². The van der Waals surface area contributed by atoms with E-state index in [1.54, 1.807) is 0 Å². The number of nitrogens with zero attached hydrogens (tertiary/aromatic N) is 1. The summed E-state index contributed by atoms with van der Waals surface area (Å²) in [6.45, 7) is 5.10. The van der Waals surface area contributed by atoms with E-state index >= 15 is 0 Å². The summed E-state index contributed by atoms with van der Waals surface area (Å²) in [7, 11) is 0. The average molecular weight is 237 g/mol. The van der Waals surface area contributed by atoms with Gasteiger partial charge >= 0.3 is 0 Å². The van der Waals surface area contributed by atoms with Crippen LogP contribution in [0.2, 0.25) is 0 Å². The second-order valence-corrected chi connectivity index (χ2v) is 4.47. The van der Waals surface area contributed by atoms with Gasteiger partial charge in [-0.15, -0.1) is 0 Å². The Bertz CT molecular complexity index is 381. The average Bonchev–Trinajstić information content (AvgIpc) is 2.50.